The molecule has 4 aromatic rings. The van der Waals surface area contributed by atoms with E-state index >= 15 is 0 Å². The number of carbonyl (C=O) groups excluding carboxylic acids is 2. The second kappa shape index (κ2) is 14.9. The second-order valence-electron chi connectivity index (χ2n) is 10.2. The van der Waals surface area contributed by atoms with Crippen LogP contribution in [0.3, 0.4) is 0 Å². The Morgan fingerprint density at radius 1 is 0.818 bits per heavy atom. The summed E-state index contributed by atoms with van der Waals surface area (Å²) in [5.74, 6) is -0.996. The van der Waals surface area contributed by atoms with Gasteiger partial charge in [-0.1, -0.05) is 95.0 Å². The summed E-state index contributed by atoms with van der Waals surface area (Å²) in [5, 5.41) is 3.62. The highest BCUT2D eigenvalue weighted by Gasteiger charge is 2.35. The van der Waals surface area contributed by atoms with E-state index in [-0.39, 0.29) is 39.5 Å². The Morgan fingerprint density at radius 2 is 1.48 bits per heavy atom. The molecule has 0 aliphatic rings. The zero-order chi connectivity index (χ0) is 31.9. The number of amides is 2. The number of sulfonamides is 1. The molecule has 1 N–H and O–H groups in total. The Kier molecular flexibility index (Phi) is 11.3. The molecule has 4 rings (SSSR count). The van der Waals surface area contributed by atoms with Crippen LogP contribution in [0.15, 0.2) is 102 Å². The Bertz CT molecular complexity index is 1720. The smallest absolute Gasteiger partial charge is 0.264 e. The lowest BCUT2D eigenvalue weighted by atomic mass is 10.0. The fourth-order valence-electron chi connectivity index (χ4n) is 4.71. The van der Waals surface area contributed by atoms with Crippen LogP contribution in [-0.4, -0.2) is 44.3 Å². The molecule has 4 aromatic carbocycles. The van der Waals surface area contributed by atoms with Crippen LogP contribution < -0.4 is 9.62 Å². The molecule has 1 atom stereocenters. The average Bonchev–Trinajstić information content (AvgIpc) is 2.99. The van der Waals surface area contributed by atoms with E-state index in [2.05, 4.69) is 5.32 Å². The van der Waals surface area contributed by atoms with E-state index in [4.69, 9.17) is 34.8 Å². The van der Waals surface area contributed by atoms with E-state index in [1.807, 2.05) is 37.3 Å². The molecule has 0 fully saturated rings. The summed E-state index contributed by atoms with van der Waals surface area (Å²) in [5.41, 5.74) is 2.40. The lowest BCUT2D eigenvalue weighted by Gasteiger charge is -2.34. The first-order valence-electron chi connectivity index (χ1n) is 13.9. The molecule has 0 bridgehead atoms. The summed E-state index contributed by atoms with van der Waals surface area (Å²) in [4.78, 5) is 29.3. The van der Waals surface area contributed by atoms with Crippen molar-refractivity contribution in [3.63, 3.8) is 0 Å². The summed E-state index contributed by atoms with van der Waals surface area (Å²) >= 11 is 19.1. The van der Waals surface area contributed by atoms with Crippen LogP contribution in [0, 0.1) is 6.92 Å². The molecule has 44 heavy (non-hydrogen) atoms. The van der Waals surface area contributed by atoms with Crippen molar-refractivity contribution in [3.05, 3.63) is 129 Å². The molecule has 0 aliphatic heterocycles. The number of nitrogens with one attached hydrogen (secondary N) is 1. The van der Waals surface area contributed by atoms with Crippen molar-refractivity contribution in [3.8, 4) is 0 Å². The molecule has 11 heteroatoms. The molecule has 7 nitrogen and oxygen atoms in total. The first-order chi connectivity index (χ1) is 21.0. The Morgan fingerprint density at radius 3 is 2.14 bits per heavy atom. The minimum absolute atomic E-state index is 0.00424. The number of nitrogens with zero attached hydrogens (tertiary/aromatic N) is 2. The van der Waals surface area contributed by atoms with E-state index < -0.39 is 28.5 Å². The molecular formula is C33H32Cl3N3O4S. The molecule has 0 saturated carbocycles. The maximum absolute atomic E-state index is 14.4. The zero-order valence-electron chi connectivity index (χ0n) is 24.2. The van der Waals surface area contributed by atoms with Gasteiger partial charge in [-0.3, -0.25) is 13.9 Å². The van der Waals surface area contributed by atoms with Crippen LogP contribution in [0.1, 0.15) is 23.6 Å². The number of rotatable bonds is 12. The Balaban J connectivity index is 1.83. The van der Waals surface area contributed by atoms with Gasteiger partial charge in [0, 0.05) is 29.6 Å². The largest absolute Gasteiger partial charge is 0.355 e. The van der Waals surface area contributed by atoms with Gasteiger partial charge in [0.15, 0.2) is 0 Å². The van der Waals surface area contributed by atoms with Crippen molar-refractivity contribution in [2.24, 2.45) is 0 Å². The third kappa shape index (κ3) is 8.33. The van der Waals surface area contributed by atoms with Crippen LogP contribution in [-0.2, 0) is 32.6 Å². The van der Waals surface area contributed by atoms with E-state index in [1.54, 1.807) is 43.3 Å². The van der Waals surface area contributed by atoms with E-state index in [0.717, 1.165) is 15.4 Å². The van der Waals surface area contributed by atoms with Crippen molar-refractivity contribution in [1.82, 2.24) is 10.2 Å². The maximum Gasteiger partial charge on any atom is 0.264 e. The number of benzene rings is 4. The van der Waals surface area contributed by atoms with Crippen LogP contribution >= 0.6 is 34.8 Å². The van der Waals surface area contributed by atoms with E-state index in [1.165, 1.54) is 35.2 Å². The second-order valence-corrected chi connectivity index (χ2v) is 13.3. The van der Waals surface area contributed by atoms with Gasteiger partial charge in [0.05, 0.1) is 15.6 Å². The standard InChI is InChI=1S/C33H32Cl3N3O4S/c1-3-37-33(41)31(19-24-8-5-4-6-9-24)38(21-25-10-7-11-26(34)18-25)32(40)22-39(30-20-27(35)14-17-29(30)36)44(42,43)28-15-12-23(2)13-16-28/h4-18,20,31H,3,19,21-22H2,1-2H3,(H,37,41)/t31-/m1/s1. The molecule has 230 valence electrons. The lowest BCUT2D eigenvalue weighted by molar-refractivity contribution is -0.140. The highest BCUT2D eigenvalue weighted by atomic mass is 35.5. The summed E-state index contributed by atoms with van der Waals surface area (Å²) in [6, 6.07) is 26.0. The summed E-state index contributed by atoms with van der Waals surface area (Å²) < 4.78 is 29.2. The molecule has 0 saturated heterocycles. The van der Waals surface area contributed by atoms with Gasteiger partial charge in [-0.2, -0.15) is 0 Å². The van der Waals surface area contributed by atoms with Gasteiger partial charge < -0.3 is 10.2 Å². The summed E-state index contributed by atoms with van der Waals surface area (Å²) in [6.07, 6.45) is 0.196. The third-order valence-electron chi connectivity index (χ3n) is 6.93. The lowest BCUT2D eigenvalue weighted by Crippen LogP contribution is -2.53. The SMILES string of the molecule is CCNC(=O)[C@@H](Cc1ccccc1)N(Cc1cccc(Cl)c1)C(=O)CN(c1cc(Cl)ccc1Cl)S(=O)(=O)c1ccc(C)cc1. The molecule has 0 aromatic heterocycles. The number of likely N-dealkylation sites (N-methyl/N-ethyl adjacent to an activating group) is 1. The number of halogens is 3. The molecule has 2 amide bonds. The topological polar surface area (TPSA) is 86.8 Å². The fourth-order valence-corrected chi connectivity index (χ4v) is 6.78. The Labute approximate surface area is 273 Å². The number of hydrogen-bond donors (Lipinski definition) is 1. The highest BCUT2D eigenvalue weighted by Crippen LogP contribution is 2.33. The fraction of sp³-hybridized carbons (Fsp3) is 0.212. The quantitative estimate of drug-likeness (QED) is 0.177. The van der Waals surface area contributed by atoms with Gasteiger partial charge in [0.1, 0.15) is 12.6 Å². The number of hydrogen-bond acceptors (Lipinski definition) is 4. The summed E-state index contributed by atoms with van der Waals surface area (Å²) in [7, 11) is -4.31. The molecular weight excluding hydrogens is 641 g/mol. The first kappa shape index (κ1) is 33.3. The van der Waals surface area contributed by atoms with Crippen molar-refractivity contribution < 1.29 is 18.0 Å². The molecule has 0 radical (unpaired) electrons. The molecule has 0 heterocycles. The van der Waals surface area contributed by atoms with Gasteiger partial charge in [0.25, 0.3) is 10.0 Å². The third-order valence-corrected chi connectivity index (χ3v) is 9.49. The summed E-state index contributed by atoms with van der Waals surface area (Å²) in [6.45, 7) is 3.32. The van der Waals surface area contributed by atoms with Gasteiger partial charge >= 0.3 is 0 Å². The van der Waals surface area contributed by atoms with Crippen LogP contribution in [0.5, 0.6) is 0 Å². The van der Waals surface area contributed by atoms with Gasteiger partial charge in [-0.05, 0) is 67.4 Å². The monoisotopic (exact) mass is 671 g/mol. The molecule has 0 unspecified atom stereocenters. The van der Waals surface area contributed by atoms with Crippen LogP contribution in [0.4, 0.5) is 5.69 Å². The predicted octanol–water partition coefficient (Wildman–Crippen LogP) is 6.93. The van der Waals surface area contributed by atoms with Crippen molar-refractivity contribution in [2.45, 2.75) is 37.8 Å². The van der Waals surface area contributed by atoms with Crippen molar-refractivity contribution >= 4 is 62.3 Å². The normalized spacial score (nSPS) is 11.9. The minimum Gasteiger partial charge on any atom is -0.355 e. The highest BCUT2D eigenvalue weighted by molar-refractivity contribution is 7.92. The van der Waals surface area contributed by atoms with Crippen molar-refractivity contribution in [1.29, 1.82) is 0 Å². The van der Waals surface area contributed by atoms with E-state index in [0.29, 0.717) is 17.1 Å². The predicted molar refractivity (Wildman–Crippen MR) is 177 cm³/mol. The van der Waals surface area contributed by atoms with E-state index in [9.17, 15) is 18.0 Å². The number of carbonyl (C=O) groups is 2. The van der Waals surface area contributed by atoms with Crippen LogP contribution in [0.2, 0.25) is 15.1 Å². The minimum atomic E-state index is -4.31. The Hall–Kier alpha value is -3.56. The van der Waals surface area contributed by atoms with Gasteiger partial charge in [0.2, 0.25) is 11.8 Å². The zero-order valence-corrected chi connectivity index (χ0v) is 27.3. The van der Waals surface area contributed by atoms with Crippen LogP contribution in [0.25, 0.3) is 0 Å². The van der Waals surface area contributed by atoms with Crippen molar-refractivity contribution in [2.75, 3.05) is 17.4 Å². The number of anilines is 1. The first-order valence-corrected chi connectivity index (χ1v) is 16.5. The molecule has 0 aliphatic carbocycles. The number of aryl methyl sites for hydroxylation is 1. The van der Waals surface area contributed by atoms with Gasteiger partial charge in [-0.25, -0.2) is 8.42 Å². The maximum atomic E-state index is 14.4. The molecule has 0 spiro atoms. The van der Waals surface area contributed by atoms with Gasteiger partial charge in [-0.15, -0.1) is 0 Å². The average molecular weight is 673 g/mol.